The summed E-state index contributed by atoms with van der Waals surface area (Å²) < 4.78 is 5.60. The maximum absolute atomic E-state index is 11.1. The van der Waals surface area contributed by atoms with E-state index in [1.54, 1.807) is 30.8 Å². The van der Waals surface area contributed by atoms with Crippen molar-refractivity contribution < 1.29 is 9.53 Å². The molecule has 2 aromatic carbocycles. The molecule has 0 spiro atoms. The highest BCUT2D eigenvalue weighted by molar-refractivity contribution is 7.99. The van der Waals surface area contributed by atoms with Crippen molar-refractivity contribution in [3.8, 4) is 5.75 Å². The van der Waals surface area contributed by atoms with E-state index in [4.69, 9.17) is 4.74 Å². The lowest BCUT2D eigenvalue weighted by Gasteiger charge is -2.06. The summed E-state index contributed by atoms with van der Waals surface area (Å²) in [5, 5.41) is 0. The number of carbonyl (C=O) groups excluding carboxylic acids is 1. The number of ether oxygens (including phenoxy) is 1. The number of carbonyl (C=O) groups is 1. The standard InChI is InChI=1S/C15H14O2S/c1-12(16)13-7-9-14(10-8-13)17-11-18-15-5-3-2-4-6-15/h2-10H,11H2,1H3. The molecule has 0 radical (unpaired) electrons. The van der Waals surface area contributed by atoms with Crippen molar-refractivity contribution in [3.63, 3.8) is 0 Å². The van der Waals surface area contributed by atoms with Crippen LogP contribution in [0.15, 0.2) is 59.5 Å². The predicted octanol–water partition coefficient (Wildman–Crippen LogP) is 4.02. The van der Waals surface area contributed by atoms with Gasteiger partial charge in [0.15, 0.2) is 5.78 Å². The number of ketones is 1. The first-order valence-electron chi connectivity index (χ1n) is 5.67. The quantitative estimate of drug-likeness (QED) is 0.460. The average Bonchev–Trinajstić information content (AvgIpc) is 2.40. The summed E-state index contributed by atoms with van der Waals surface area (Å²) in [7, 11) is 0. The Kier molecular flexibility index (Phi) is 4.42. The normalized spacial score (nSPS) is 10.1. The molecule has 2 rings (SSSR count). The van der Waals surface area contributed by atoms with E-state index in [1.165, 1.54) is 4.90 Å². The molecule has 0 amide bonds. The van der Waals surface area contributed by atoms with Gasteiger partial charge in [-0.25, -0.2) is 0 Å². The Morgan fingerprint density at radius 3 is 2.33 bits per heavy atom. The van der Waals surface area contributed by atoms with Gasteiger partial charge < -0.3 is 4.74 Å². The van der Waals surface area contributed by atoms with Crippen LogP contribution < -0.4 is 4.74 Å². The Morgan fingerprint density at radius 1 is 1.06 bits per heavy atom. The van der Waals surface area contributed by atoms with Gasteiger partial charge in [0.1, 0.15) is 11.7 Å². The molecular weight excluding hydrogens is 244 g/mol. The van der Waals surface area contributed by atoms with Crippen LogP contribution in [0.5, 0.6) is 5.75 Å². The topological polar surface area (TPSA) is 26.3 Å². The fourth-order valence-electron chi connectivity index (χ4n) is 1.47. The molecule has 2 aromatic rings. The van der Waals surface area contributed by atoms with Gasteiger partial charge in [-0.3, -0.25) is 4.79 Å². The van der Waals surface area contributed by atoms with Crippen molar-refractivity contribution in [2.24, 2.45) is 0 Å². The summed E-state index contributed by atoms with van der Waals surface area (Å²) in [6.45, 7) is 1.56. The van der Waals surface area contributed by atoms with E-state index in [-0.39, 0.29) is 5.78 Å². The molecule has 0 atom stereocenters. The molecule has 0 aliphatic carbocycles. The van der Waals surface area contributed by atoms with E-state index < -0.39 is 0 Å². The molecule has 0 N–H and O–H groups in total. The summed E-state index contributed by atoms with van der Waals surface area (Å²) in [5.41, 5.74) is 0.707. The molecule has 3 heteroatoms. The Hall–Kier alpha value is -1.74. The number of hydrogen-bond donors (Lipinski definition) is 0. The van der Waals surface area contributed by atoms with Gasteiger partial charge >= 0.3 is 0 Å². The zero-order chi connectivity index (χ0) is 12.8. The molecule has 0 unspecified atom stereocenters. The first-order valence-corrected chi connectivity index (χ1v) is 6.66. The molecule has 0 fully saturated rings. The van der Waals surface area contributed by atoms with Gasteiger partial charge in [-0.1, -0.05) is 30.0 Å². The average molecular weight is 258 g/mol. The minimum atomic E-state index is 0.0696. The number of rotatable bonds is 5. The Labute approximate surface area is 111 Å². The Balaban J connectivity index is 1.85. The van der Waals surface area contributed by atoms with Gasteiger partial charge in [0.2, 0.25) is 0 Å². The van der Waals surface area contributed by atoms with Crippen molar-refractivity contribution in [1.29, 1.82) is 0 Å². The van der Waals surface area contributed by atoms with Crippen LogP contribution in [0, 0.1) is 0 Å². The Morgan fingerprint density at radius 2 is 1.72 bits per heavy atom. The summed E-state index contributed by atoms with van der Waals surface area (Å²) >= 11 is 1.64. The third-order valence-electron chi connectivity index (χ3n) is 2.46. The van der Waals surface area contributed by atoms with Gasteiger partial charge in [0.05, 0.1) is 0 Å². The van der Waals surface area contributed by atoms with Crippen molar-refractivity contribution in [2.75, 3.05) is 5.94 Å². The molecule has 92 valence electrons. The fourth-order valence-corrected chi connectivity index (χ4v) is 2.15. The van der Waals surface area contributed by atoms with Crippen LogP contribution in [-0.4, -0.2) is 11.7 Å². The van der Waals surface area contributed by atoms with E-state index in [0.29, 0.717) is 11.5 Å². The zero-order valence-corrected chi connectivity index (χ0v) is 10.9. The number of hydrogen-bond acceptors (Lipinski definition) is 3. The van der Waals surface area contributed by atoms with E-state index in [1.807, 2.05) is 42.5 Å². The van der Waals surface area contributed by atoms with Crippen LogP contribution in [0.1, 0.15) is 17.3 Å². The molecule has 18 heavy (non-hydrogen) atoms. The lowest BCUT2D eigenvalue weighted by atomic mass is 10.1. The zero-order valence-electron chi connectivity index (χ0n) is 10.1. The van der Waals surface area contributed by atoms with Crippen molar-refractivity contribution in [3.05, 3.63) is 60.2 Å². The minimum absolute atomic E-state index is 0.0696. The molecule has 0 aliphatic rings. The highest BCUT2D eigenvalue weighted by atomic mass is 32.2. The van der Waals surface area contributed by atoms with Crippen LogP contribution in [0.3, 0.4) is 0 Å². The molecular formula is C15H14O2S. The first-order chi connectivity index (χ1) is 8.75. The first kappa shape index (κ1) is 12.7. The van der Waals surface area contributed by atoms with Gasteiger partial charge in [-0.15, -0.1) is 0 Å². The number of Topliss-reactive ketones (excluding diaryl/α,β-unsaturated/α-hetero) is 1. The van der Waals surface area contributed by atoms with Crippen LogP contribution in [-0.2, 0) is 0 Å². The molecule has 2 nitrogen and oxygen atoms in total. The third-order valence-corrected chi connectivity index (χ3v) is 3.30. The lowest BCUT2D eigenvalue weighted by molar-refractivity contribution is 0.101. The van der Waals surface area contributed by atoms with Crippen LogP contribution in [0.25, 0.3) is 0 Å². The maximum atomic E-state index is 11.1. The smallest absolute Gasteiger partial charge is 0.159 e. The van der Waals surface area contributed by atoms with Gasteiger partial charge in [0, 0.05) is 10.5 Å². The number of benzene rings is 2. The molecule has 0 aromatic heterocycles. The molecule has 0 saturated carbocycles. The second-order valence-electron chi connectivity index (χ2n) is 3.80. The van der Waals surface area contributed by atoms with E-state index in [0.717, 1.165) is 5.75 Å². The van der Waals surface area contributed by atoms with Crippen LogP contribution in [0.4, 0.5) is 0 Å². The monoisotopic (exact) mass is 258 g/mol. The highest BCUT2D eigenvalue weighted by Gasteiger charge is 1.99. The van der Waals surface area contributed by atoms with Crippen molar-refractivity contribution in [1.82, 2.24) is 0 Å². The van der Waals surface area contributed by atoms with Crippen LogP contribution in [0.2, 0.25) is 0 Å². The third kappa shape index (κ3) is 3.64. The fraction of sp³-hybridized carbons (Fsp3) is 0.133. The maximum Gasteiger partial charge on any atom is 0.159 e. The molecule has 0 bridgehead atoms. The molecule has 0 heterocycles. The summed E-state index contributed by atoms with van der Waals surface area (Å²) in [5.74, 6) is 1.41. The van der Waals surface area contributed by atoms with Crippen molar-refractivity contribution >= 4 is 17.5 Å². The summed E-state index contributed by atoms with van der Waals surface area (Å²) in [4.78, 5) is 12.3. The highest BCUT2D eigenvalue weighted by Crippen LogP contribution is 2.19. The largest absolute Gasteiger partial charge is 0.483 e. The SMILES string of the molecule is CC(=O)c1ccc(OCSc2ccccc2)cc1. The Bertz CT molecular complexity index is 506. The van der Waals surface area contributed by atoms with Gasteiger partial charge in [-0.05, 0) is 43.3 Å². The van der Waals surface area contributed by atoms with Gasteiger partial charge in [-0.2, -0.15) is 0 Å². The van der Waals surface area contributed by atoms with Crippen LogP contribution >= 0.6 is 11.8 Å². The lowest BCUT2D eigenvalue weighted by Crippen LogP contribution is -1.94. The predicted molar refractivity (Wildman–Crippen MR) is 74.2 cm³/mol. The summed E-state index contributed by atoms with van der Waals surface area (Å²) in [6, 6.07) is 17.3. The van der Waals surface area contributed by atoms with E-state index in [2.05, 4.69) is 0 Å². The van der Waals surface area contributed by atoms with E-state index in [9.17, 15) is 4.79 Å². The van der Waals surface area contributed by atoms with Gasteiger partial charge in [0.25, 0.3) is 0 Å². The van der Waals surface area contributed by atoms with E-state index >= 15 is 0 Å². The van der Waals surface area contributed by atoms with Crippen molar-refractivity contribution in [2.45, 2.75) is 11.8 Å². The second kappa shape index (κ2) is 6.26. The molecule has 0 saturated heterocycles. The molecule has 0 aliphatic heterocycles. The minimum Gasteiger partial charge on any atom is -0.483 e. The summed E-state index contributed by atoms with van der Waals surface area (Å²) in [6.07, 6.45) is 0. The number of thioether (sulfide) groups is 1. The second-order valence-corrected chi connectivity index (χ2v) is 4.80.